The predicted molar refractivity (Wildman–Crippen MR) is 65.7 cm³/mol. The maximum atomic E-state index is 11.9. The van der Waals surface area contributed by atoms with Crippen molar-refractivity contribution < 1.29 is 4.79 Å². The van der Waals surface area contributed by atoms with E-state index in [2.05, 4.69) is 10.3 Å². The Kier molecular flexibility index (Phi) is 4.76. The summed E-state index contributed by atoms with van der Waals surface area (Å²) in [7, 11) is 1.80. The first-order valence-corrected chi connectivity index (χ1v) is 5.65. The third-order valence-corrected chi connectivity index (χ3v) is 2.23. The minimum absolute atomic E-state index is 0.0263. The number of carbonyl (C=O) groups is 1. The van der Waals surface area contributed by atoms with E-state index in [-0.39, 0.29) is 5.91 Å². The van der Waals surface area contributed by atoms with E-state index in [0.29, 0.717) is 5.69 Å². The molecule has 0 spiro atoms. The standard InChI is InChI=1S/C12H19N3O/c1-4-9-15(3)12(16)10-7-6-8-11(14-10)13-5-2/h6-8H,4-5,9H2,1-3H3,(H,13,14). The van der Waals surface area contributed by atoms with Crippen LogP contribution in [0.25, 0.3) is 0 Å². The normalized spacial score (nSPS) is 9.94. The molecule has 88 valence electrons. The molecule has 0 bridgehead atoms. The van der Waals surface area contributed by atoms with Gasteiger partial charge in [0.15, 0.2) is 0 Å². The van der Waals surface area contributed by atoms with Crippen LogP contribution < -0.4 is 5.32 Å². The molecule has 1 aromatic rings. The van der Waals surface area contributed by atoms with Crippen molar-refractivity contribution in [2.45, 2.75) is 20.3 Å². The minimum Gasteiger partial charge on any atom is -0.370 e. The first kappa shape index (κ1) is 12.5. The average Bonchev–Trinajstić information content (AvgIpc) is 2.29. The van der Waals surface area contributed by atoms with Crippen LogP contribution in [-0.4, -0.2) is 35.9 Å². The molecule has 4 nitrogen and oxygen atoms in total. The van der Waals surface area contributed by atoms with E-state index < -0.39 is 0 Å². The Morgan fingerprint density at radius 1 is 1.44 bits per heavy atom. The summed E-state index contributed by atoms with van der Waals surface area (Å²) in [4.78, 5) is 17.9. The molecule has 0 aromatic carbocycles. The van der Waals surface area contributed by atoms with Gasteiger partial charge in [-0.25, -0.2) is 4.98 Å². The van der Waals surface area contributed by atoms with Crippen LogP contribution in [0, 0.1) is 0 Å². The molecular weight excluding hydrogens is 202 g/mol. The average molecular weight is 221 g/mol. The van der Waals surface area contributed by atoms with Crippen molar-refractivity contribution in [1.29, 1.82) is 0 Å². The van der Waals surface area contributed by atoms with Gasteiger partial charge in [0.25, 0.3) is 5.91 Å². The number of nitrogens with zero attached hydrogens (tertiary/aromatic N) is 2. The second kappa shape index (κ2) is 6.10. The van der Waals surface area contributed by atoms with Crippen molar-refractivity contribution in [3.05, 3.63) is 23.9 Å². The molecule has 1 N–H and O–H groups in total. The molecule has 1 rings (SSSR count). The fraction of sp³-hybridized carbons (Fsp3) is 0.500. The van der Waals surface area contributed by atoms with Gasteiger partial charge in [-0.05, 0) is 25.5 Å². The predicted octanol–water partition coefficient (Wildman–Crippen LogP) is 2.00. The van der Waals surface area contributed by atoms with Crippen molar-refractivity contribution in [3.8, 4) is 0 Å². The zero-order chi connectivity index (χ0) is 12.0. The SMILES string of the molecule is CCCN(C)C(=O)c1cccc(NCC)n1. The zero-order valence-electron chi connectivity index (χ0n) is 10.2. The van der Waals surface area contributed by atoms with Crippen LogP contribution in [0.5, 0.6) is 0 Å². The van der Waals surface area contributed by atoms with E-state index in [4.69, 9.17) is 0 Å². The summed E-state index contributed by atoms with van der Waals surface area (Å²) in [5.74, 6) is 0.722. The molecule has 0 saturated heterocycles. The molecular formula is C12H19N3O. The van der Waals surface area contributed by atoms with Crippen molar-refractivity contribution >= 4 is 11.7 Å². The lowest BCUT2D eigenvalue weighted by molar-refractivity contribution is 0.0789. The highest BCUT2D eigenvalue weighted by Crippen LogP contribution is 2.06. The van der Waals surface area contributed by atoms with Crippen LogP contribution >= 0.6 is 0 Å². The fourth-order valence-electron chi connectivity index (χ4n) is 1.47. The Balaban J connectivity index is 2.78. The first-order chi connectivity index (χ1) is 7.69. The highest BCUT2D eigenvalue weighted by atomic mass is 16.2. The molecule has 0 saturated carbocycles. The number of nitrogens with one attached hydrogen (secondary N) is 1. The van der Waals surface area contributed by atoms with Gasteiger partial charge in [-0.1, -0.05) is 13.0 Å². The summed E-state index contributed by atoms with van der Waals surface area (Å²) in [6.07, 6.45) is 0.954. The number of amides is 1. The summed E-state index contributed by atoms with van der Waals surface area (Å²) in [5.41, 5.74) is 0.495. The van der Waals surface area contributed by atoms with Gasteiger partial charge < -0.3 is 10.2 Å². The van der Waals surface area contributed by atoms with E-state index in [0.717, 1.165) is 25.3 Å². The Morgan fingerprint density at radius 2 is 2.19 bits per heavy atom. The van der Waals surface area contributed by atoms with Gasteiger partial charge >= 0.3 is 0 Å². The topological polar surface area (TPSA) is 45.2 Å². The van der Waals surface area contributed by atoms with Gasteiger partial charge in [-0.2, -0.15) is 0 Å². The number of pyridine rings is 1. The van der Waals surface area contributed by atoms with Crippen molar-refractivity contribution in [1.82, 2.24) is 9.88 Å². The van der Waals surface area contributed by atoms with E-state index in [9.17, 15) is 4.79 Å². The Morgan fingerprint density at radius 3 is 2.81 bits per heavy atom. The van der Waals surface area contributed by atoms with E-state index >= 15 is 0 Å². The van der Waals surface area contributed by atoms with Crippen LogP contribution in [0.15, 0.2) is 18.2 Å². The highest BCUT2D eigenvalue weighted by molar-refractivity contribution is 5.92. The lowest BCUT2D eigenvalue weighted by Crippen LogP contribution is -2.28. The fourth-order valence-corrected chi connectivity index (χ4v) is 1.47. The number of hydrogen-bond acceptors (Lipinski definition) is 3. The molecule has 0 radical (unpaired) electrons. The third-order valence-electron chi connectivity index (χ3n) is 2.23. The molecule has 16 heavy (non-hydrogen) atoms. The Labute approximate surface area is 96.7 Å². The van der Waals surface area contributed by atoms with Crippen LogP contribution in [0.2, 0.25) is 0 Å². The maximum Gasteiger partial charge on any atom is 0.272 e. The van der Waals surface area contributed by atoms with Gasteiger partial charge in [-0.15, -0.1) is 0 Å². The number of rotatable bonds is 5. The largest absolute Gasteiger partial charge is 0.370 e. The van der Waals surface area contributed by atoms with Gasteiger partial charge in [-0.3, -0.25) is 4.79 Å². The van der Waals surface area contributed by atoms with E-state index in [1.54, 1.807) is 18.0 Å². The van der Waals surface area contributed by atoms with Crippen molar-refractivity contribution in [2.75, 3.05) is 25.5 Å². The van der Waals surface area contributed by atoms with Crippen LogP contribution in [-0.2, 0) is 0 Å². The van der Waals surface area contributed by atoms with Crippen LogP contribution in [0.3, 0.4) is 0 Å². The number of anilines is 1. The quantitative estimate of drug-likeness (QED) is 0.827. The number of aromatic nitrogens is 1. The number of carbonyl (C=O) groups excluding carboxylic acids is 1. The summed E-state index contributed by atoms with van der Waals surface area (Å²) in [5, 5.41) is 3.09. The second-order valence-corrected chi connectivity index (χ2v) is 3.67. The summed E-state index contributed by atoms with van der Waals surface area (Å²) >= 11 is 0. The van der Waals surface area contributed by atoms with Gasteiger partial charge in [0, 0.05) is 20.1 Å². The Hall–Kier alpha value is -1.58. The maximum absolute atomic E-state index is 11.9. The number of hydrogen-bond donors (Lipinski definition) is 1. The van der Waals surface area contributed by atoms with Crippen molar-refractivity contribution in [2.24, 2.45) is 0 Å². The Bertz CT molecular complexity index is 352. The van der Waals surface area contributed by atoms with Crippen LogP contribution in [0.1, 0.15) is 30.8 Å². The summed E-state index contributed by atoms with van der Waals surface area (Å²) < 4.78 is 0. The van der Waals surface area contributed by atoms with Crippen molar-refractivity contribution in [3.63, 3.8) is 0 Å². The monoisotopic (exact) mass is 221 g/mol. The third kappa shape index (κ3) is 3.22. The highest BCUT2D eigenvalue weighted by Gasteiger charge is 2.12. The molecule has 0 fully saturated rings. The lowest BCUT2D eigenvalue weighted by atomic mass is 10.3. The summed E-state index contributed by atoms with van der Waals surface area (Å²) in [6.45, 7) is 5.60. The smallest absolute Gasteiger partial charge is 0.272 e. The van der Waals surface area contributed by atoms with Gasteiger partial charge in [0.05, 0.1) is 0 Å². The lowest BCUT2D eigenvalue weighted by Gasteiger charge is -2.15. The van der Waals surface area contributed by atoms with Gasteiger partial charge in [0.2, 0.25) is 0 Å². The molecule has 0 aliphatic rings. The first-order valence-electron chi connectivity index (χ1n) is 5.65. The molecule has 1 aromatic heterocycles. The van der Waals surface area contributed by atoms with E-state index in [1.165, 1.54) is 0 Å². The molecule has 0 unspecified atom stereocenters. The molecule has 0 aliphatic carbocycles. The molecule has 0 aliphatic heterocycles. The molecule has 0 atom stereocenters. The second-order valence-electron chi connectivity index (χ2n) is 3.67. The molecule has 1 amide bonds. The van der Waals surface area contributed by atoms with E-state index in [1.807, 2.05) is 26.0 Å². The minimum atomic E-state index is -0.0263. The van der Waals surface area contributed by atoms with Gasteiger partial charge in [0.1, 0.15) is 11.5 Å². The molecule has 1 heterocycles. The molecule has 4 heteroatoms. The summed E-state index contributed by atoms with van der Waals surface area (Å²) in [6, 6.07) is 5.45. The zero-order valence-corrected chi connectivity index (χ0v) is 10.2. The van der Waals surface area contributed by atoms with Crippen LogP contribution in [0.4, 0.5) is 5.82 Å².